The third-order valence-electron chi connectivity index (χ3n) is 4.01. The molecule has 0 unspecified atom stereocenters. The Hall–Kier alpha value is -2.95. The first-order chi connectivity index (χ1) is 11.7. The molecule has 0 amide bonds. The summed E-state index contributed by atoms with van der Waals surface area (Å²) in [6, 6.07) is 10.3. The maximum Gasteiger partial charge on any atom is 0.224 e. The van der Waals surface area contributed by atoms with E-state index in [0.717, 1.165) is 39.6 Å². The van der Waals surface area contributed by atoms with Gasteiger partial charge in [0, 0.05) is 41.5 Å². The average molecular weight is 317 g/mol. The maximum absolute atomic E-state index is 4.57. The number of hydrogen-bond donors (Lipinski definition) is 2. The topological polar surface area (TPSA) is 66.5 Å². The number of nitrogens with one attached hydrogen (secondary N) is 2. The highest BCUT2D eigenvalue weighted by atomic mass is 15.1. The molecule has 4 rings (SSSR count). The van der Waals surface area contributed by atoms with E-state index in [1.807, 2.05) is 30.7 Å². The Morgan fingerprint density at radius 2 is 2.08 bits per heavy atom. The number of aromatic amines is 1. The number of hydrogen-bond acceptors (Lipinski definition) is 4. The first-order valence-electron chi connectivity index (χ1n) is 8.14. The minimum absolute atomic E-state index is 0.551. The molecule has 5 heteroatoms. The van der Waals surface area contributed by atoms with Gasteiger partial charge in [0.2, 0.25) is 5.95 Å². The fourth-order valence-corrected chi connectivity index (χ4v) is 2.77. The molecule has 0 radical (unpaired) electrons. The van der Waals surface area contributed by atoms with Gasteiger partial charge in [-0.1, -0.05) is 26.0 Å². The molecule has 5 nitrogen and oxygen atoms in total. The van der Waals surface area contributed by atoms with E-state index >= 15 is 0 Å². The standard InChI is InChI=1S/C19H19N5/c1-12(2)9-22-19-23-11-16-15(10-21-18(16)24-19)13-5-6-17-14(8-13)4-3-7-20-17/h3-8,10-12H,9H2,1-2H3,(H2,21,22,23,24). The SMILES string of the molecule is CC(C)CNc1ncc2c(-c3ccc4ncccc4c3)c[nH]c2n1. The fourth-order valence-electron chi connectivity index (χ4n) is 2.77. The van der Waals surface area contributed by atoms with Gasteiger partial charge in [0.1, 0.15) is 5.65 Å². The Morgan fingerprint density at radius 1 is 1.17 bits per heavy atom. The normalized spacial score (nSPS) is 11.5. The van der Waals surface area contributed by atoms with E-state index in [2.05, 4.69) is 57.3 Å². The summed E-state index contributed by atoms with van der Waals surface area (Å²) >= 11 is 0. The van der Waals surface area contributed by atoms with Crippen LogP contribution in [0.15, 0.2) is 48.9 Å². The second-order valence-corrected chi connectivity index (χ2v) is 6.34. The molecule has 0 aliphatic heterocycles. The van der Waals surface area contributed by atoms with E-state index in [0.29, 0.717) is 11.9 Å². The summed E-state index contributed by atoms with van der Waals surface area (Å²) in [5.41, 5.74) is 4.08. The van der Waals surface area contributed by atoms with Crippen LogP contribution in [0.3, 0.4) is 0 Å². The minimum Gasteiger partial charge on any atom is -0.354 e. The highest BCUT2D eigenvalue weighted by Crippen LogP contribution is 2.29. The fraction of sp³-hybridized carbons (Fsp3) is 0.211. The molecule has 1 aromatic carbocycles. The lowest BCUT2D eigenvalue weighted by atomic mass is 10.0. The van der Waals surface area contributed by atoms with E-state index < -0.39 is 0 Å². The highest BCUT2D eigenvalue weighted by Gasteiger charge is 2.10. The van der Waals surface area contributed by atoms with Gasteiger partial charge in [-0.05, 0) is 29.7 Å². The second kappa shape index (κ2) is 5.92. The summed E-state index contributed by atoms with van der Waals surface area (Å²) in [7, 11) is 0. The second-order valence-electron chi connectivity index (χ2n) is 6.34. The summed E-state index contributed by atoms with van der Waals surface area (Å²) in [5, 5.41) is 5.41. The smallest absolute Gasteiger partial charge is 0.224 e. The minimum atomic E-state index is 0.551. The van der Waals surface area contributed by atoms with E-state index in [1.165, 1.54) is 0 Å². The molecule has 120 valence electrons. The van der Waals surface area contributed by atoms with Crippen LogP contribution in [0, 0.1) is 5.92 Å². The number of nitrogens with zero attached hydrogens (tertiary/aromatic N) is 3. The lowest BCUT2D eigenvalue weighted by Gasteiger charge is -2.07. The van der Waals surface area contributed by atoms with Gasteiger partial charge in [0.25, 0.3) is 0 Å². The van der Waals surface area contributed by atoms with Crippen LogP contribution < -0.4 is 5.32 Å². The lowest BCUT2D eigenvalue weighted by molar-refractivity contribution is 0.685. The summed E-state index contributed by atoms with van der Waals surface area (Å²) < 4.78 is 0. The van der Waals surface area contributed by atoms with Gasteiger partial charge in [-0.3, -0.25) is 4.98 Å². The molecule has 2 N–H and O–H groups in total. The molecule has 0 bridgehead atoms. The van der Waals surface area contributed by atoms with Crippen LogP contribution >= 0.6 is 0 Å². The van der Waals surface area contributed by atoms with Gasteiger partial charge in [0.05, 0.1) is 5.52 Å². The van der Waals surface area contributed by atoms with Crippen molar-refractivity contribution in [3.8, 4) is 11.1 Å². The van der Waals surface area contributed by atoms with Crippen LogP contribution in [0.1, 0.15) is 13.8 Å². The van der Waals surface area contributed by atoms with Crippen LogP contribution in [-0.2, 0) is 0 Å². The van der Waals surface area contributed by atoms with Gasteiger partial charge in [-0.2, -0.15) is 4.98 Å². The molecular weight excluding hydrogens is 298 g/mol. The Bertz CT molecular complexity index is 1000. The maximum atomic E-state index is 4.57. The first kappa shape index (κ1) is 14.6. The molecule has 3 heterocycles. The molecule has 0 fully saturated rings. The predicted molar refractivity (Wildman–Crippen MR) is 98.0 cm³/mol. The Morgan fingerprint density at radius 3 is 2.96 bits per heavy atom. The number of fused-ring (bicyclic) bond motifs is 2. The van der Waals surface area contributed by atoms with Crippen LogP contribution in [0.5, 0.6) is 0 Å². The third kappa shape index (κ3) is 2.69. The van der Waals surface area contributed by atoms with Gasteiger partial charge < -0.3 is 10.3 Å². The molecule has 0 atom stereocenters. The number of benzene rings is 1. The highest BCUT2D eigenvalue weighted by molar-refractivity contribution is 5.96. The summed E-state index contributed by atoms with van der Waals surface area (Å²) in [4.78, 5) is 16.6. The number of H-pyrrole nitrogens is 1. The van der Waals surface area contributed by atoms with Crippen molar-refractivity contribution in [3.05, 3.63) is 48.9 Å². The summed E-state index contributed by atoms with van der Waals surface area (Å²) in [6.45, 7) is 5.18. The summed E-state index contributed by atoms with van der Waals surface area (Å²) in [6.07, 6.45) is 5.68. The van der Waals surface area contributed by atoms with Crippen molar-refractivity contribution >= 4 is 27.9 Å². The Balaban J connectivity index is 1.73. The third-order valence-corrected chi connectivity index (χ3v) is 4.01. The molecule has 0 saturated carbocycles. The molecule has 0 aliphatic carbocycles. The largest absolute Gasteiger partial charge is 0.354 e. The zero-order valence-electron chi connectivity index (χ0n) is 13.7. The van der Waals surface area contributed by atoms with Crippen LogP contribution in [0.4, 0.5) is 5.95 Å². The zero-order chi connectivity index (χ0) is 16.5. The van der Waals surface area contributed by atoms with Crippen molar-refractivity contribution in [3.63, 3.8) is 0 Å². The van der Waals surface area contributed by atoms with Crippen molar-refractivity contribution in [1.29, 1.82) is 0 Å². The van der Waals surface area contributed by atoms with Crippen LogP contribution in [0.2, 0.25) is 0 Å². The summed E-state index contributed by atoms with van der Waals surface area (Å²) in [5.74, 6) is 1.21. The number of aromatic nitrogens is 4. The van der Waals surface area contributed by atoms with Gasteiger partial charge in [-0.15, -0.1) is 0 Å². The van der Waals surface area contributed by atoms with Crippen molar-refractivity contribution in [2.45, 2.75) is 13.8 Å². The Labute approximate surface area is 140 Å². The van der Waals surface area contributed by atoms with E-state index in [-0.39, 0.29) is 0 Å². The van der Waals surface area contributed by atoms with Crippen molar-refractivity contribution in [2.24, 2.45) is 5.92 Å². The molecule has 0 saturated heterocycles. The van der Waals surface area contributed by atoms with Crippen LogP contribution in [0.25, 0.3) is 33.1 Å². The number of anilines is 1. The van der Waals surface area contributed by atoms with Crippen molar-refractivity contribution < 1.29 is 0 Å². The van der Waals surface area contributed by atoms with Gasteiger partial charge >= 0.3 is 0 Å². The van der Waals surface area contributed by atoms with Crippen molar-refractivity contribution in [1.82, 2.24) is 19.9 Å². The molecule has 0 aliphatic rings. The molecule has 4 aromatic rings. The van der Waals surface area contributed by atoms with Crippen molar-refractivity contribution in [2.75, 3.05) is 11.9 Å². The predicted octanol–water partition coefficient (Wildman–Crippen LogP) is 4.24. The number of rotatable bonds is 4. The number of pyridine rings is 1. The first-order valence-corrected chi connectivity index (χ1v) is 8.14. The van der Waals surface area contributed by atoms with Gasteiger partial charge in [-0.25, -0.2) is 4.98 Å². The molecule has 3 aromatic heterocycles. The molecule has 0 spiro atoms. The monoisotopic (exact) mass is 317 g/mol. The quantitative estimate of drug-likeness (QED) is 0.591. The zero-order valence-corrected chi connectivity index (χ0v) is 13.7. The molecule has 24 heavy (non-hydrogen) atoms. The average Bonchev–Trinajstić information content (AvgIpc) is 3.02. The van der Waals surface area contributed by atoms with Gasteiger partial charge in [0.15, 0.2) is 0 Å². The lowest BCUT2D eigenvalue weighted by Crippen LogP contribution is -2.10. The van der Waals surface area contributed by atoms with E-state index in [4.69, 9.17) is 0 Å². The van der Waals surface area contributed by atoms with E-state index in [1.54, 1.807) is 0 Å². The Kier molecular flexibility index (Phi) is 3.61. The van der Waals surface area contributed by atoms with Crippen LogP contribution in [-0.4, -0.2) is 26.5 Å². The molecular formula is C19H19N5. The van der Waals surface area contributed by atoms with E-state index in [9.17, 15) is 0 Å².